The molecule has 0 bridgehead atoms. The zero-order valence-corrected chi connectivity index (χ0v) is 12.7. The van der Waals surface area contributed by atoms with E-state index in [1.165, 1.54) is 16.9 Å². The summed E-state index contributed by atoms with van der Waals surface area (Å²) in [7, 11) is -3.28. The first kappa shape index (κ1) is 14.3. The van der Waals surface area contributed by atoms with Crippen molar-refractivity contribution in [2.45, 2.75) is 10.8 Å². The van der Waals surface area contributed by atoms with E-state index in [1.54, 1.807) is 11.8 Å². The molecule has 19 heavy (non-hydrogen) atoms. The largest absolute Gasteiger partial charge is 0.257 e. The summed E-state index contributed by atoms with van der Waals surface area (Å²) in [5.74, 6) is 0.886. The molecule has 102 valence electrons. The molecule has 0 atom stereocenters. The summed E-state index contributed by atoms with van der Waals surface area (Å²) in [6.45, 7) is 0. The van der Waals surface area contributed by atoms with E-state index in [-0.39, 0.29) is 0 Å². The Balaban J connectivity index is 1.84. The second-order valence-corrected chi connectivity index (χ2v) is 7.90. The Morgan fingerprint density at radius 2 is 2.00 bits per heavy atom. The summed E-state index contributed by atoms with van der Waals surface area (Å²) < 4.78 is 25.1. The molecule has 0 saturated carbocycles. The van der Waals surface area contributed by atoms with Gasteiger partial charge in [-0.2, -0.15) is 0 Å². The Bertz CT molecular complexity index is 626. The highest BCUT2D eigenvalue weighted by Crippen LogP contribution is 2.26. The molecule has 2 rings (SSSR count). The molecule has 8 heteroatoms. The summed E-state index contributed by atoms with van der Waals surface area (Å²) in [5, 5.41) is 8.03. The Labute approximate surface area is 120 Å². The number of anilines is 1. The first-order valence-electron chi connectivity index (χ1n) is 5.51. The molecule has 5 nitrogen and oxygen atoms in total. The molecule has 0 aliphatic carbocycles. The molecule has 0 aliphatic heterocycles. The number of aryl methyl sites for hydroxylation is 1. The summed E-state index contributed by atoms with van der Waals surface area (Å²) in [5.41, 5.74) is 1.27. The number of benzene rings is 1. The van der Waals surface area contributed by atoms with Gasteiger partial charge in [-0.25, -0.2) is 8.42 Å². The predicted molar refractivity (Wildman–Crippen MR) is 79.2 cm³/mol. The zero-order valence-electron chi connectivity index (χ0n) is 10.2. The van der Waals surface area contributed by atoms with E-state index in [0.29, 0.717) is 5.13 Å². The van der Waals surface area contributed by atoms with Crippen molar-refractivity contribution in [3.8, 4) is 0 Å². The van der Waals surface area contributed by atoms with Gasteiger partial charge >= 0.3 is 0 Å². The average Bonchev–Trinajstić information content (AvgIpc) is 2.76. The molecule has 0 amide bonds. The van der Waals surface area contributed by atoms with Crippen LogP contribution < -0.4 is 4.72 Å². The van der Waals surface area contributed by atoms with E-state index in [2.05, 4.69) is 27.1 Å². The third-order valence-electron chi connectivity index (χ3n) is 2.14. The number of rotatable bonds is 6. The van der Waals surface area contributed by atoms with Crippen molar-refractivity contribution < 1.29 is 8.42 Å². The fourth-order valence-electron chi connectivity index (χ4n) is 1.37. The van der Waals surface area contributed by atoms with E-state index in [1.807, 2.05) is 18.2 Å². The number of nitrogens with one attached hydrogen (secondary N) is 1. The second kappa shape index (κ2) is 6.36. The summed E-state index contributed by atoms with van der Waals surface area (Å²) in [6, 6.07) is 10.2. The maximum atomic E-state index is 11.0. The highest BCUT2D eigenvalue weighted by atomic mass is 32.2. The minimum atomic E-state index is -3.28. The molecule has 1 aromatic carbocycles. The highest BCUT2D eigenvalue weighted by molar-refractivity contribution is 8.01. The lowest BCUT2D eigenvalue weighted by molar-refractivity contribution is 0.606. The minimum Gasteiger partial charge on any atom is -0.257 e. The van der Waals surface area contributed by atoms with Gasteiger partial charge in [0.2, 0.25) is 15.2 Å². The van der Waals surface area contributed by atoms with Crippen molar-refractivity contribution in [1.82, 2.24) is 10.2 Å². The van der Waals surface area contributed by atoms with Crippen LogP contribution >= 0.6 is 23.1 Å². The van der Waals surface area contributed by atoms with Gasteiger partial charge in [-0.05, 0) is 12.0 Å². The second-order valence-electron chi connectivity index (χ2n) is 3.83. The first-order valence-corrected chi connectivity index (χ1v) is 9.20. The lowest BCUT2D eigenvalue weighted by atomic mass is 10.2. The number of hydrogen-bond acceptors (Lipinski definition) is 6. The quantitative estimate of drug-likeness (QED) is 0.828. The topological polar surface area (TPSA) is 72.0 Å². The molecular weight excluding hydrogens is 302 g/mol. The van der Waals surface area contributed by atoms with Crippen molar-refractivity contribution in [3.05, 3.63) is 35.9 Å². The molecule has 2 aromatic rings. The highest BCUT2D eigenvalue weighted by Gasteiger charge is 2.08. The first-order chi connectivity index (χ1) is 9.03. The predicted octanol–water partition coefficient (Wildman–Crippen LogP) is 2.24. The number of aromatic nitrogens is 2. The number of hydrogen-bond donors (Lipinski definition) is 1. The zero-order chi connectivity index (χ0) is 13.7. The maximum absolute atomic E-state index is 11.0. The third-order valence-corrected chi connectivity index (χ3v) is 4.81. The van der Waals surface area contributed by atoms with Gasteiger partial charge in [-0.1, -0.05) is 53.4 Å². The normalized spacial score (nSPS) is 11.4. The molecule has 1 heterocycles. The summed E-state index contributed by atoms with van der Waals surface area (Å²) in [4.78, 5) is 0. The van der Waals surface area contributed by atoms with Crippen molar-refractivity contribution >= 4 is 38.3 Å². The lowest BCUT2D eigenvalue weighted by Gasteiger charge is -1.98. The summed E-state index contributed by atoms with van der Waals surface area (Å²) >= 11 is 2.82. The Morgan fingerprint density at radius 3 is 2.68 bits per heavy atom. The van der Waals surface area contributed by atoms with E-state index >= 15 is 0 Å². The average molecular weight is 315 g/mol. The van der Waals surface area contributed by atoms with Crippen molar-refractivity contribution in [2.75, 3.05) is 16.7 Å². The van der Waals surface area contributed by atoms with Crippen LogP contribution in [0.4, 0.5) is 5.13 Å². The standard InChI is InChI=1S/C11H13N3O2S3/c1-19(15,16)14-10-12-13-11(18-10)17-8-7-9-5-3-2-4-6-9/h2-6H,7-8H2,1H3,(H,12,14). The van der Waals surface area contributed by atoms with Gasteiger partial charge in [0.05, 0.1) is 6.26 Å². The van der Waals surface area contributed by atoms with E-state index < -0.39 is 10.0 Å². The summed E-state index contributed by atoms with van der Waals surface area (Å²) in [6.07, 6.45) is 2.04. The maximum Gasteiger partial charge on any atom is 0.231 e. The Morgan fingerprint density at radius 1 is 1.26 bits per heavy atom. The van der Waals surface area contributed by atoms with Gasteiger partial charge in [0, 0.05) is 5.75 Å². The lowest BCUT2D eigenvalue weighted by Crippen LogP contribution is -2.08. The van der Waals surface area contributed by atoms with Gasteiger partial charge in [0.15, 0.2) is 4.34 Å². The molecular formula is C11H13N3O2S3. The third kappa shape index (κ3) is 5.17. The van der Waals surface area contributed by atoms with Crippen LogP contribution in [0.25, 0.3) is 0 Å². The van der Waals surface area contributed by atoms with E-state index in [4.69, 9.17) is 0 Å². The monoisotopic (exact) mass is 315 g/mol. The molecule has 0 saturated heterocycles. The molecule has 1 aromatic heterocycles. The van der Waals surface area contributed by atoms with Gasteiger partial charge in [0.25, 0.3) is 0 Å². The number of nitrogens with zero attached hydrogens (tertiary/aromatic N) is 2. The molecule has 0 unspecified atom stereocenters. The van der Waals surface area contributed by atoms with Crippen LogP contribution in [0.1, 0.15) is 5.56 Å². The van der Waals surface area contributed by atoms with Crippen LogP contribution in [-0.4, -0.2) is 30.6 Å². The van der Waals surface area contributed by atoms with Crippen LogP contribution in [0.3, 0.4) is 0 Å². The van der Waals surface area contributed by atoms with Crippen molar-refractivity contribution in [3.63, 3.8) is 0 Å². The molecule has 1 N–H and O–H groups in total. The van der Waals surface area contributed by atoms with Crippen LogP contribution in [0.5, 0.6) is 0 Å². The number of thioether (sulfide) groups is 1. The Kier molecular flexibility index (Phi) is 4.78. The van der Waals surface area contributed by atoms with Crippen LogP contribution in [0.2, 0.25) is 0 Å². The van der Waals surface area contributed by atoms with Crippen molar-refractivity contribution in [2.24, 2.45) is 0 Å². The van der Waals surface area contributed by atoms with Gasteiger partial charge in [-0.15, -0.1) is 10.2 Å². The molecule has 0 fully saturated rings. The van der Waals surface area contributed by atoms with Gasteiger partial charge < -0.3 is 0 Å². The Hall–Kier alpha value is -1.12. The van der Waals surface area contributed by atoms with Crippen LogP contribution in [0.15, 0.2) is 34.7 Å². The van der Waals surface area contributed by atoms with Crippen LogP contribution in [0, 0.1) is 0 Å². The fraction of sp³-hybridized carbons (Fsp3) is 0.273. The number of sulfonamides is 1. The fourth-order valence-corrected chi connectivity index (χ4v) is 4.01. The van der Waals surface area contributed by atoms with E-state index in [0.717, 1.165) is 22.8 Å². The van der Waals surface area contributed by atoms with E-state index in [9.17, 15) is 8.42 Å². The van der Waals surface area contributed by atoms with Gasteiger partial charge in [-0.3, -0.25) is 4.72 Å². The van der Waals surface area contributed by atoms with Gasteiger partial charge in [0.1, 0.15) is 0 Å². The molecule has 0 spiro atoms. The molecule has 0 aliphatic rings. The SMILES string of the molecule is CS(=O)(=O)Nc1nnc(SCCc2ccccc2)s1. The smallest absolute Gasteiger partial charge is 0.231 e. The minimum absolute atomic E-state index is 0.310. The molecule has 0 radical (unpaired) electrons. The van der Waals surface area contributed by atoms with Crippen LogP contribution in [-0.2, 0) is 16.4 Å². The van der Waals surface area contributed by atoms with Crippen molar-refractivity contribution in [1.29, 1.82) is 0 Å².